The van der Waals surface area contributed by atoms with Gasteiger partial charge in [0.25, 0.3) is 10.1 Å². The van der Waals surface area contributed by atoms with Crippen molar-refractivity contribution in [1.82, 2.24) is 9.80 Å². The van der Waals surface area contributed by atoms with Gasteiger partial charge in [0.15, 0.2) is 5.92 Å². The van der Waals surface area contributed by atoms with Crippen molar-refractivity contribution in [2.24, 2.45) is 5.92 Å². The third kappa shape index (κ3) is 9.59. The van der Waals surface area contributed by atoms with Crippen LogP contribution in [0.25, 0.3) is 0 Å². The van der Waals surface area contributed by atoms with Gasteiger partial charge in [-0.3, -0.25) is 9.45 Å². The molecule has 2 aliphatic rings. The number of anilines is 1. The molecule has 0 aliphatic carbocycles. The van der Waals surface area contributed by atoms with Crippen molar-refractivity contribution >= 4 is 21.9 Å². The molecular weight excluding hydrogens is 577 g/mol. The third-order valence-electron chi connectivity index (χ3n) is 6.13. The Morgan fingerprint density at radius 3 is 1.92 bits per heavy atom. The number of piperazine rings is 1. The molecule has 8 nitrogen and oxygen atoms in total. The van der Waals surface area contributed by atoms with Crippen LogP contribution in [-0.4, -0.2) is 91.3 Å². The molecule has 0 saturated carbocycles. The molecule has 2 N–H and O–H groups in total. The Labute approximate surface area is 217 Å². The number of carbonyl (C=O) groups is 1. The molecule has 39 heavy (non-hydrogen) atoms. The lowest BCUT2D eigenvalue weighted by Gasteiger charge is -2.45. The number of hydrogen-bond acceptors (Lipinski definition) is 5. The molecule has 3 rings (SSSR count). The van der Waals surface area contributed by atoms with Crippen LogP contribution in [0.15, 0.2) is 18.2 Å². The zero-order valence-corrected chi connectivity index (χ0v) is 21.1. The number of benzene rings is 1. The molecule has 1 amide bonds. The Kier molecular flexibility index (Phi) is 10.0. The van der Waals surface area contributed by atoms with Crippen molar-refractivity contribution < 1.29 is 62.4 Å². The van der Waals surface area contributed by atoms with Gasteiger partial charge < -0.3 is 14.9 Å². The molecule has 0 bridgehead atoms. The van der Waals surface area contributed by atoms with Crippen molar-refractivity contribution in [2.75, 3.05) is 43.9 Å². The van der Waals surface area contributed by atoms with E-state index in [1.54, 1.807) is 4.90 Å². The van der Waals surface area contributed by atoms with Crippen LogP contribution in [-0.2, 0) is 22.8 Å². The van der Waals surface area contributed by atoms with Gasteiger partial charge in [-0.25, -0.2) is 4.79 Å². The second kappa shape index (κ2) is 12.0. The van der Waals surface area contributed by atoms with E-state index in [4.69, 9.17) is 9.66 Å². The second-order valence-electron chi connectivity index (χ2n) is 9.10. The number of nitrogens with zero attached hydrogens (tertiary/aromatic N) is 3. The van der Waals surface area contributed by atoms with Crippen molar-refractivity contribution in [3.8, 4) is 0 Å². The van der Waals surface area contributed by atoms with Crippen LogP contribution < -0.4 is 4.90 Å². The van der Waals surface area contributed by atoms with Crippen LogP contribution in [0.1, 0.15) is 24.0 Å². The van der Waals surface area contributed by atoms with Gasteiger partial charge in [-0.15, -0.1) is 0 Å². The van der Waals surface area contributed by atoms with Crippen LogP contribution in [0.4, 0.5) is 50.0 Å². The first-order valence-corrected chi connectivity index (χ1v) is 13.2. The Balaban J connectivity index is 0.000000976. The maximum Gasteiger partial charge on any atom is 0.416 e. The molecule has 0 radical (unpaired) electrons. The number of amides is 1. The fourth-order valence-electron chi connectivity index (χ4n) is 4.50. The van der Waals surface area contributed by atoms with E-state index in [1.165, 1.54) is 0 Å². The summed E-state index contributed by atoms with van der Waals surface area (Å²) in [6.07, 6.45) is -15.7. The quantitative estimate of drug-likeness (QED) is 0.380. The number of alkyl halides is 9. The van der Waals surface area contributed by atoms with Gasteiger partial charge in [-0.1, -0.05) is 6.07 Å². The first kappa shape index (κ1) is 32.7. The van der Waals surface area contributed by atoms with E-state index in [-0.39, 0.29) is 17.8 Å². The van der Waals surface area contributed by atoms with Crippen molar-refractivity contribution in [2.45, 2.75) is 44.0 Å². The molecule has 1 atom stereocenters. The summed E-state index contributed by atoms with van der Waals surface area (Å²) in [6.45, 7) is -1.52. The van der Waals surface area contributed by atoms with Crippen LogP contribution in [0.5, 0.6) is 0 Å². The van der Waals surface area contributed by atoms with E-state index in [2.05, 4.69) is 0 Å². The predicted octanol–water partition coefficient (Wildman–Crippen LogP) is 4.71. The fourth-order valence-corrected chi connectivity index (χ4v) is 4.50. The van der Waals surface area contributed by atoms with E-state index < -0.39 is 71.9 Å². The van der Waals surface area contributed by atoms with E-state index in [9.17, 15) is 52.7 Å². The highest BCUT2D eigenvalue weighted by Crippen LogP contribution is 2.44. The third-order valence-corrected chi connectivity index (χ3v) is 6.13. The fraction of sp³-hybridized carbons (Fsp3) is 0.667. The Hall–Kier alpha value is -2.47. The molecule has 2 heterocycles. The molecule has 2 saturated heterocycles. The van der Waals surface area contributed by atoms with Crippen LogP contribution in [0, 0.1) is 5.92 Å². The van der Waals surface area contributed by atoms with E-state index >= 15 is 0 Å². The summed E-state index contributed by atoms with van der Waals surface area (Å²) >= 11 is 0. The SMILES string of the molecule is CS(=O)(=O)O.O=C(O)N1CCN(Cc2ccc(C(F)(F)F)cc2N2CCCC2)C(C(C(F)(F)F)C(F)(F)F)C1. The highest BCUT2D eigenvalue weighted by Gasteiger charge is 2.62. The molecule has 1 unspecified atom stereocenters. The maximum absolute atomic E-state index is 13.5. The summed E-state index contributed by atoms with van der Waals surface area (Å²) in [5.74, 6) is -3.83. The van der Waals surface area contributed by atoms with Gasteiger partial charge in [-0.05, 0) is 30.5 Å². The molecule has 2 fully saturated rings. The van der Waals surface area contributed by atoms with Gasteiger partial charge >= 0.3 is 24.6 Å². The summed E-state index contributed by atoms with van der Waals surface area (Å²) in [5, 5.41) is 9.15. The number of hydrogen-bond donors (Lipinski definition) is 2. The minimum Gasteiger partial charge on any atom is -0.465 e. The average Bonchev–Trinajstić information content (AvgIpc) is 3.25. The van der Waals surface area contributed by atoms with Gasteiger partial charge in [-0.2, -0.15) is 47.9 Å². The first-order valence-electron chi connectivity index (χ1n) is 11.3. The van der Waals surface area contributed by atoms with Crippen LogP contribution in [0.2, 0.25) is 0 Å². The highest BCUT2D eigenvalue weighted by atomic mass is 32.2. The smallest absolute Gasteiger partial charge is 0.416 e. The summed E-state index contributed by atoms with van der Waals surface area (Å²) < 4.78 is 147. The molecule has 1 aromatic rings. The normalized spacial score (nSPS) is 19.7. The molecule has 0 spiro atoms. The van der Waals surface area contributed by atoms with Gasteiger partial charge in [0, 0.05) is 51.0 Å². The van der Waals surface area contributed by atoms with Crippen molar-refractivity contribution in [3.63, 3.8) is 0 Å². The largest absolute Gasteiger partial charge is 0.465 e. The average molecular weight is 604 g/mol. The minimum atomic E-state index is -5.71. The lowest BCUT2D eigenvalue weighted by atomic mass is 9.93. The molecule has 2 aliphatic heterocycles. The van der Waals surface area contributed by atoms with Crippen LogP contribution in [0.3, 0.4) is 0 Å². The Morgan fingerprint density at radius 1 is 0.974 bits per heavy atom. The number of rotatable bonds is 4. The Bertz CT molecular complexity index is 1080. The number of carboxylic acid groups (broad SMARTS) is 1. The van der Waals surface area contributed by atoms with E-state index in [0.29, 0.717) is 37.1 Å². The summed E-state index contributed by atoms with van der Waals surface area (Å²) in [5.41, 5.74) is -0.733. The molecular formula is C21H26F9N3O5S. The van der Waals surface area contributed by atoms with Gasteiger partial charge in [0.05, 0.1) is 11.8 Å². The second-order valence-corrected chi connectivity index (χ2v) is 10.6. The lowest BCUT2D eigenvalue weighted by molar-refractivity contribution is -0.302. The van der Waals surface area contributed by atoms with Crippen molar-refractivity contribution in [1.29, 1.82) is 0 Å². The van der Waals surface area contributed by atoms with Crippen molar-refractivity contribution in [3.05, 3.63) is 29.3 Å². The van der Waals surface area contributed by atoms with Gasteiger partial charge in [0.1, 0.15) is 0 Å². The summed E-state index contributed by atoms with van der Waals surface area (Å²) in [4.78, 5) is 14.3. The Morgan fingerprint density at radius 2 is 1.49 bits per heavy atom. The molecule has 1 aromatic carbocycles. The maximum atomic E-state index is 13.5. The standard InChI is InChI=1S/C20H22F9N3O2.CH4O3S/c21-18(22,23)13-4-3-12(14(9-13)30-5-1-2-6-30)10-31-7-8-32(17(33)34)11-15(31)16(19(24,25)26)20(27,28)29;1-5(2,3)4/h3-4,9,15-16H,1-2,5-8,10-11H2,(H,33,34);1H3,(H,2,3,4). The highest BCUT2D eigenvalue weighted by molar-refractivity contribution is 7.85. The lowest BCUT2D eigenvalue weighted by Crippen LogP contribution is -2.62. The van der Waals surface area contributed by atoms with E-state index in [1.807, 2.05) is 0 Å². The summed E-state index contributed by atoms with van der Waals surface area (Å²) in [7, 11) is -3.67. The van der Waals surface area contributed by atoms with Crippen LogP contribution >= 0.6 is 0 Å². The zero-order valence-electron chi connectivity index (χ0n) is 20.3. The zero-order chi connectivity index (χ0) is 30.0. The monoisotopic (exact) mass is 603 g/mol. The number of halogens is 9. The van der Waals surface area contributed by atoms with E-state index in [0.717, 1.165) is 23.1 Å². The summed E-state index contributed by atoms with van der Waals surface area (Å²) in [6, 6.07) is 0.364. The predicted molar refractivity (Wildman–Crippen MR) is 120 cm³/mol. The topological polar surface area (TPSA) is 101 Å². The molecule has 224 valence electrons. The molecule has 18 heteroatoms. The first-order chi connectivity index (χ1) is 17.6. The van der Waals surface area contributed by atoms with Gasteiger partial charge in [0.2, 0.25) is 0 Å². The minimum absolute atomic E-state index is 0.0994. The molecule has 0 aromatic heterocycles.